The SMILES string of the molecule is COc1ccccc1Nc1ccc(NC(=O)C=Cc2ccc(OC)c(OC)c2)cc1. The predicted octanol–water partition coefficient (Wildman–Crippen LogP) is 5.11. The van der Waals surface area contributed by atoms with Gasteiger partial charge in [-0.2, -0.15) is 0 Å². The van der Waals surface area contributed by atoms with Crippen molar-refractivity contribution in [1.29, 1.82) is 0 Å². The maximum atomic E-state index is 12.2. The van der Waals surface area contributed by atoms with Gasteiger partial charge in [0.05, 0.1) is 27.0 Å². The molecule has 2 N–H and O–H groups in total. The summed E-state index contributed by atoms with van der Waals surface area (Å²) >= 11 is 0. The zero-order valence-corrected chi connectivity index (χ0v) is 17.1. The molecule has 1 amide bonds. The lowest BCUT2D eigenvalue weighted by Crippen LogP contribution is -2.07. The van der Waals surface area contributed by atoms with Crippen molar-refractivity contribution < 1.29 is 19.0 Å². The van der Waals surface area contributed by atoms with Gasteiger partial charge in [0, 0.05) is 17.5 Å². The number of methoxy groups -OCH3 is 3. The number of hydrogen-bond donors (Lipinski definition) is 2. The van der Waals surface area contributed by atoms with Gasteiger partial charge in [-0.1, -0.05) is 18.2 Å². The zero-order chi connectivity index (χ0) is 21.3. The molecule has 3 rings (SSSR count). The van der Waals surface area contributed by atoms with Crippen LogP contribution in [0.4, 0.5) is 17.1 Å². The molecule has 0 fully saturated rings. The molecule has 3 aromatic rings. The normalized spacial score (nSPS) is 10.5. The first-order valence-electron chi connectivity index (χ1n) is 9.34. The second-order valence-electron chi connectivity index (χ2n) is 6.34. The molecule has 0 radical (unpaired) electrons. The standard InChI is InChI=1S/C24H24N2O4/c1-28-21-7-5-4-6-20(21)25-18-10-12-19(13-11-18)26-24(27)15-9-17-8-14-22(29-2)23(16-17)30-3/h4-16,25H,1-3H3,(H,26,27). The molecule has 6 heteroatoms. The average molecular weight is 404 g/mol. The van der Waals surface area contributed by atoms with Crippen LogP contribution in [0.1, 0.15) is 5.56 Å². The number of hydrogen-bond acceptors (Lipinski definition) is 5. The molecule has 0 heterocycles. The highest BCUT2D eigenvalue weighted by molar-refractivity contribution is 6.02. The molecule has 0 saturated heterocycles. The lowest BCUT2D eigenvalue weighted by atomic mass is 10.2. The van der Waals surface area contributed by atoms with Crippen LogP contribution in [0.2, 0.25) is 0 Å². The van der Waals surface area contributed by atoms with E-state index in [1.165, 1.54) is 6.08 Å². The molecule has 0 unspecified atom stereocenters. The van der Waals surface area contributed by atoms with Crippen LogP contribution in [0, 0.1) is 0 Å². The summed E-state index contributed by atoms with van der Waals surface area (Å²) in [6.07, 6.45) is 3.19. The molecule has 3 aromatic carbocycles. The van der Waals surface area contributed by atoms with E-state index in [4.69, 9.17) is 14.2 Å². The lowest BCUT2D eigenvalue weighted by molar-refractivity contribution is -0.111. The second kappa shape index (κ2) is 10.0. The van der Waals surface area contributed by atoms with Crippen molar-refractivity contribution in [1.82, 2.24) is 0 Å². The van der Waals surface area contributed by atoms with Crippen LogP contribution in [0.15, 0.2) is 72.8 Å². The highest BCUT2D eigenvalue weighted by atomic mass is 16.5. The molecule has 0 saturated carbocycles. The predicted molar refractivity (Wildman–Crippen MR) is 120 cm³/mol. The Bertz CT molecular complexity index is 1030. The van der Waals surface area contributed by atoms with E-state index in [9.17, 15) is 4.79 Å². The molecule has 0 atom stereocenters. The Labute approximate surface area is 176 Å². The van der Waals surface area contributed by atoms with Gasteiger partial charge in [-0.3, -0.25) is 4.79 Å². The maximum absolute atomic E-state index is 12.2. The monoisotopic (exact) mass is 404 g/mol. The van der Waals surface area contributed by atoms with Crippen LogP contribution in [0.3, 0.4) is 0 Å². The zero-order valence-electron chi connectivity index (χ0n) is 17.1. The smallest absolute Gasteiger partial charge is 0.248 e. The Kier molecular flexibility index (Phi) is 6.95. The molecule has 0 aromatic heterocycles. The van der Waals surface area contributed by atoms with Crippen LogP contribution < -0.4 is 24.8 Å². The molecule has 154 valence electrons. The van der Waals surface area contributed by atoms with E-state index in [2.05, 4.69) is 10.6 Å². The number of benzene rings is 3. The van der Waals surface area contributed by atoms with Crippen molar-refractivity contribution in [3.05, 3.63) is 78.4 Å². The van der Waals surface area contributed by atoms with Crippen LogP contribution in [-0.4, -0.2) is 27.2 Å². The number of ether oxygens (including phenoxy) is 3. The number of para-hydroxylation sites is 2. The van der Waals surface area contributed by atoms with Gasteiger partial charge in [0.1, 0.15) is 5.75 Å². The van der Waals surface area contributed by atoms with E-state index in [1.807, 2.05) is 54.6 Å². The second-order valence-corrected chi connectivity index (χ2v) is 6.34. The van der Waals surface area contributed by atoms with Crippen molar-refractivity contribution in [2.45, 2.75) is 0 Å². The first-order chi connectivity index (χ1) is 14.6. The fourth-order valence-electron chi connectivity index (χ4n) is 2.85. The number of carbonyl (C=O) groups excluding carboxylic acids is 1. The van der Waals surface area contributed by atoms with E-state index >= 15 is 0 Å². The van der Waals surface area contributed by atoms with E-state index in [1.54, 1.807) is 39.5 Å². The highest BCUT2D eigenvalue weighted by Gasteiger charge is 2.05. The summed E-state index contributed by atoms with van der Waals surface area (Å²) in [7, 11) is 4.79. The minimum Gasteiger partial charge on any atom is -0.495 e. The number of amides is 1. The minimum atomic E-state index is -0.227. The molecular weight excluding hydrogens is 380 g/mol. The topological polar surface area (TPSA) is 68.8 Å². The summed E-state index contributed by atoms with van der Waals surface area (Å²) in [6, 6.07) is 20.6. The van der Waals surface area contributed by atoms with Crippen LogP contribution in [-0.2, 0) is 4.79 Å². The van der Waals surface area contributed by atoms with Gasteiger partial charge in [-0.05, 0) is 60.2 Å². The Balaban J connectivity index is 1.61. The maximum Gasteiger partial charge on any atom is 0.248 e. The van der Waals surface area contributed by atoms with Gasteiger partial charge in [-0.25, -0.2) is 0 Å². The summed E-state index contributed by atoms with van der Waals surface area (Å²) < 4.78 is 15.8. The molecule has 6 nitrogen and oxygen atoms in total. The molecular formula is C24H24N2O4. The van der Waals surface area contributed by atoms with Gasteiger partial charge in [0.2, 0.25) is 5.91 Å². The fraction of sp³-hybridized carbons (Fsp3) is 0.125. The minimum absolute atomic E-state index is 0.227. The lowest BCUT2D eigenvalue weighted by Gasteiger charge is -2.11. The van der Waals surface area contributed by atoms with Crippen molar-refractivity contribution in [3.8, 4) is 17.2 Å². The summed E-state index contributed by atoms with van der Waals surface area (Å²) in [6.45, 7) is 0. The van der Waals surface area contributed by atoms with E-state index in [0.717, 1.165) is 22.7 Å². The van der Waals surface area contributed by atoms with Crippen LogP contribution in [0.25, 0.3) is 6.08 Å². The summed E-state index contributed by atoms with van der Waals surface area (Å²) in [5.41, 5.74) is 3.29. The molecule has 0 aliphatic rings. The Morgan fingerprint density at radius 2 is 1.43 bits per heavy atom. The van der Waals surface area contributed by atoms with E-state index < -0.39 is 0 Å². The number of carbonyl (C=O) groups is 1. The quantitative estimate of drug-likeness (QED) is 0.511. The molecule has 0 aliphatic heterocycles. The van der Waals surface area contributed by atoms with Gasteiger partial charge in [0.15, 0.2) is 11.5 Å². The van der Waals surface area contributed by atoms with Crippen LogP contribution >= 0.6 is 0 Å². The fourth-order valence-corrected chi connectivity index (χ4v) is 2.85. The Morgan fingerprint density at radius 3 is 2.13 bits per heavy atom. The van der Waals surface area contributed by atoms with Crippen molar-refractivity contribution >= 4 is 29.0 Å². The molecule has 0 aliphatic carbocycles. The first-order valence-corrected chi connectivity index (χ1v) is 9.34. The number of anilines is 3. The highest BCUT2D eigenvalue weighted by Crippen LogP contribution is 2.29. The van der Waals surface area contributed by atoms with E-state index in [0.29, 0.717) is 17.2 Å². The number of nitrogens with one attached hydrogen (secondary N) is 2. The molecule has 0 spiro atoms. The summed E-state index contributed by atoms with van der Waals surface area (Å²) in [5.74, 6) is 1.78. The number of rotatable bonds is 8. The average Bonchev–Trinajstić information content (AvgIpc) is 2.79. The summed E-state index contributed by atoms with van der Waals surface area (Å²) in [5, 5.41) is 6.14. The van der Waals surface area contributed by atoms with Gasteiger partial charge in [0.25, 0.3) is 0 Å². The van der Waals surface area contributed by atoms with Crippen molar-refractivity contribution in [2.75, 3.05) is 32.0 Å². The van der Waals surface area contributed by atoms with E-state index in [-0.39, 0.29) is 5.91 Å². The van der Waals surface area contributed by atoms with Crippen LogP contribution in [0.5, 0.6) is 17.2 Å². The molecule has 30 heavy (non-hydrogen) atoms. The van der Waals surface area contributed by atoms with Gasteiger partial charge in [-0.15, -0.1) is 0 Å². The first kappa shape index (κ1) is 20.8. The Morgan fingerprint density at radius 1 is 0.767 bits per heavy atom. The largest absolute Gasteiger partial charge is 0.495 e. The Hall–Kier alpha value is -3.93. The third-order valence-corrected chi connectivity index (χ3v) is 4.37. The molecule has 0 bridgehead atoms. The van der Waals surface area contributed by atoms with Crippen molar-refractivity contribution in [2.24, 2.45) is 0 Å². The summed E-state index contributed by atoms with van der Waals surface area (Å²) in [4.78, 5) is 12.2. The third-order valence-electron chi connectivity index (χ3n) is 4.37. The van der Waals surface area contributed by atoms with Gasteiger partial charge < -0.3 is 24.8 Å². The van der Waals surface area contributed by atoms with Gasteiger partial charge >= 0.3 is 0 Å². The third kappa shape index (κ3) is 5.32. The van der Waals surface area contributed by atoms with Crippen molar-refractivity contribution in [3.63, 3.8) is 0 Å².